The normalized spacial score (nSPS) is 17.0. The molecule has 0 atom stereocenters. The molecule has 1 saturated heterocycles. The smallest absolute Gasteiger partial charge is 0.235 e. The van der Waals surface area contributed by atoms with Crippen LogP contribution < -0.4 is 4.31 Å². The Hall–Kier alpha value is -2.12. The average Bonchev–Trinajstić information content (AvgIpc) is 3.09. The van der Waals surface area contributed by atoms with Crippen LogP contribution in [-0.4, -0.2) is 35.3 Å². The zero-order valence-corrected chi connectivity index (χ0v) is 13.6. The average molecular weight is 349 g/mol. The number of anilines is 1. The molecule has 0 radical (unpaired) electrons. The van der Waals surface area contributed by atoms with Crippen LogP contribution in [0, 0.1) is 0 Å². The molecular formula is C15H13ClN4O2S. The lowest BCUT2D eigenvalue weighted by molar-refractivity contribution is 0.599. The van der Waals surface area contributed by atoms with Crippen LogP contribution in [-0.2, 0) is 10.0 Å². The van der Waals surface area contributed by atoms with E-state index in [1.54, 1.807) is 12.3 Å². The van der Waals surface area contributed by atoms with Crippen molar-refractivity contribution < 1.29 is 8.42 Å². The molecule has 4 rings (SSSR count). The number of sulfonamides is 1. The highest BCUT2D eigenvalue weighted by atomic mass is 35.5. The predicted molar refractivity (Wildman–Crippen MR) is 89.6 cm³/mol. The first-order valence-corrected chi connectivity index (χ1v) is 9.14. The molecule has 0 spiro atoms. The van der Waals surface area contributed by atoms with Crippen LogP contribution in [0.5, 0.6) is 0 Å². The van der Waals surface area contributed by atoms with Gasteiger partial charge >= 0.3 is 0 Å². The first-order chi connectivity index (χ1) is 11.0. The Kier molecular flexibility index (Phi) is 3.28. The van der Waals surface area contributed by atoms with Crippen molar-refractivity contribution in [3.63, 3.8) is 0 Å². The zero-order chi connectivity index (χ0) is 16.0. The van der Waals surface area contributed by atoms with E-state index in [4.69, 9.17) is 11.6 Å². The van der Waals surface area contributed by atoms with Gasteiger partial charge in [-0.05, 0) is 42.3 Å². The lowest BCUT2D eigenvalue weighted by atomic mass is 10.2. The van der Waals surface area contributed by atoms with E-state index in [-0.39, 0.29) is 11.0 Å². The van der Waals surface area contributed by atoms with Crippen molar-refractivity contribution in [2.75, 3.05) is 16.6 Å². The largest absolute Gasteiger partial charge is 0.301 e. The SMILES string of the molecule is O=S1(=O)CCCN1c1cccc(-n2ccc3cnc(Cl)nc32)c1. The topological polar surface area (TPSA) is 68.1 Å². The number of aromatic nitrogens is 3. The molecule has 1 aliphatic rings. The fraction of sp³-hybridized carbons (Fsp3) is 0.200. The fourth-order valence-corrected chi connectivity index (χ4v) is 4.52. The third kappa shape index (κ3) is 2.46. The summed E-state index contributed by atoms with van der Waals surface area (Å²) >= 11 is 5.88. The van der Waals surface area contributed by atoms with Crippen LogP contribution >= 0.6 is 11.6 Å². The number of hydrogen-bond donors (Lipinski definition) is 0. The van der Waals surface area contributed by atoms with Gasteiger partial charge in [0.1, 0.15) is 5.65 Å². The van der Waals surface area contributed by atoms with Crippen LogP contribution in [0.15, 0.2) is 42.7 Å². The predicted octanol–water partition coefficient (Wildman–Crippen LogP) is 2.61. The van der Waals surface area contributed by atoms with E-state index in [1.807, 2.05) is 35.0 Å². The van der Waals surface area contributed by atoms with Gasteiger partial charge in [-0.2, -0.15) is 4.98 Å². The van der Waals surface area contributed by atoms with E-state index >= 15 is 0 Å². The summed E-state index contributed by atoms with van der Waals surface area (Å²) in [5, 5.41) is 1.05. The van der Waals surface area contributed by atoms with Gasteiger partial charge < -0.3 is 4.57 Å². The van der Waals surface area contributed by atoms with Gasteiger partial charge in [0.05, 0.1) is 11.4 Å². The van der Waals surface area contributed by atoms with E-state index in [1.165, 1.54) is 4.31 Å². The third-order valence-electron chi connectivity index (χ3n) is 3.89. The maximum Gasteiger partial charge on any atom is 0.235 e. The Morgan fingerprint density at radius 1 is 1.17 bits per heavy atom. The van der Waals surface area contributed by atoms with Crippen molar-refractivity contribution in [2.24, 2.45) is 0 Å². The van der Waals surface area contributed by atoms with Crippen LogP contribution in [0.3, 0.4) is 0 Å². The Morgan fingerprint density at radius 2 is 2.00 bits per heavy atom. The second kappa shape index (κ2) is 5.21. The second-order valence-corrected chi connectivity index (χ2v) is 7.72. The molecule has 0 bridgehead atoms. The monoisotopic (exact) mass is 348 g/mol. The number of benzene rings is 1. The molecular weight excluding hydrogens is 336 g/mol. The minimum Gasteiger partial charge on any atom is -0.301 e. The lowest BCUT2D eigenvalue weighted by Gasteiger charge is -2.18. The summed E-state index contributed by atoms with van der Waals surface area (Å²) in [4.78, 5) is 8.22. The van der Waals surface area contributed by atoms with Gasteiger partial charge in [-0.3, -0.25) is 4.31 Å². The summed E-state index contributed by atoms with van der Waals surface area (Å²) in [5.41, 5.74) is 2.18. The quantitative estimate of drug-likeness (QED) is 0.668. The van der Waals surface area contributed by atoms with Crippen molar-refractivity contribution in [1.29, 1.82) is 0 Å². The Bertz CT molecular complexity index is 1000. The van der Waals surface area contributed by atoms with Gasteiger partial charge in [0.25, 0.3) is 0 Å². The summed E-state index contributed by atoms with van der Waals surface area (Å²) in [7, 11) is -3.20. The Morgan fingerprint density at radius 3 is 2.78 bits per heavy atom. The first kappa shape index (κ1) is 14.5. The highest BCUT2D eigenvalue weighted by Crippen LogP contribution is 2.27. The standard InChI is InChI=1S/C15H13ClN4O2S/c16-15-17-10-11-5-7-19(14(11)18-15)12-3-1-4-13(9-12)20-6-2-8-23(20,21)22/h1,3-5,7,9-10H,2,6,8H2. The molecule has 1 fully saturated rings. The number of fused-ring (bicyclic) bond motifs is 1. The summed E-state index contributed by atoms with van der Waals surface area (Å²) in [6.45, 7) is 0.520. The summed E-state index contributed by atoms with van der Waals surface area (Å²) < 4.78 is 27.5. The molecule has 0 amide bonds. The van der Waals surface area contributed by atoms with Gasteiger partial charge in [-0.25, -0.2) is 13.4 Å². The molecule has 8 heteroatoms. The molecule has 3 heterocycles. The molecule has 6 nitrogen and oxygen atoms in total. The van der Waals surface area contributed by atoms with E-state index in [0.717, 1.165) is 11.1 Å². The number of rotatable bonds is 2. The Balaban J connectivity index is 1.83. The van der Waals surface area contributed by atoms with Gasteiger partial charge in [0.2, 0.25) is 15.3 Å². The zero-order valence-electron chi connectivity index (χ0n) is 12.1. The van der Waals surface area contributed by atoms with Crippen molar-refractivity contribution in [3.05, 3.63) is 48.0 Å². The minimum absolute atomic E-state index is 0.177. The molecule has 0 N–H and O–H groups in total. The van der Waals surface area contributed by atoms with E-state index < -0.39 is 10.0 Å². The van der Waals surface area contributed by atoms with Crippen LogP contribution in [0.25, 0.3) is 16.7 Å². The lowest BCUT2D eigenvalue weighted by Crippen LogP contribution is -2.25. The molecule has 23 heavy (non-hydrogen) atoms. The summed E-state index contributed by atoms with van der Waals surface area (Å²) in [6.07, 6.45) is 4.19. The van der Waals surface area contributed by atoms with Gasteiger partial charge in [0, 0.05) is 30.0 Å². The van der Waals surface area contributed by atoms with Crippen molar-refractivity contribution in [2.45, 2.75) is 6.42 Å². The van der Waals surface area contributed by atoms with E-state index in [2.05, 4.69) is 9.97 Å². The molecule has 3 aromatic rings. The van der Waals surface area contributed by atoms with Gasteiger partial charge in [0.15, 0.2) is 0 Å². The summed E-state index contributed by atoms with van der Waals surface area (Å²) in [5.74, 6) is 0.201. The van der Waals surface area contributed by atoms with Crippen molar-refractivity contribution >= 4 is 38.3 Å². The molecule has 0 aliphatic carbocycles. The molecule has 0 saturated carbocycles. The maximum atomic E-state index is 12.1. The fourth-order valence-electron chi connectivity index (χ4n) is 2.83. The molecule has 1 aromatic carbocycles. The maximum absolute atomic E-state index is 12.1. The van der Waals surface area contributed by atoms with Crippen LogP contribution in [0.2, 0.25) is 5.28 Å². The van der Waals surface area contributed by atoms with Gasteiger partial charge in [-0.15, -0.1) is 0 Å². The second-order valence-electron chi connectivity index (χ2n) is 5.37. The van der Waals surface area contributed by atoms with E-state index in [9.17, 15) is 8.42 Å². The van der Waals surface area contributed by atoms with E-state index in [0.29, 0.717) is 24.3 Å². The number of hydrogen-bond acceptors (Lipinski definition) is 4. The van der Waals surface area contributed by atoms with Crippen LogP contribution in [0.1, 0.15) is 6.42 Å². The van der Waals surface area contributed by atoms with Crippen LogP contribution in [0.4, 0.5) is 5.69 Å². The highest BCUT2D eigenvalue weighted by molar-refractivity contribution is 7.93. The molecule has 118 valence electrons. The first-order valence-electron chi connectivity index (χ1n) is 7.15. The highest BCUT2D eigenvalue weighted by Gasteiger charge is 2.28. The molecule has 2 aromatic heterocycles. The van der Waals surface area contributed by atoms with Crippen molar-refractivity contribution in [3.8, 4) is 5.69 Å². The van der Waals surface area contributed by atoms with Crippen molar-refractivity contribution in [1.82, 2.24) is 14.5 Å². The molecule has 0 unspecified atom stereocenters. The molecule has 1 aliphatic heterocycles. The number of halogens is 1. The Labute approximate surface area is 138 Å². The third-order valence-corrected chi connectivity index (χ3v) is 5.94. The number of nitrogens with zero attached hydrogens (tertiary/aromatic N) is 4. The minimum atomic E-state index is -3.20. The van der Waals surface area contributed by atoms with Gasteiger partial charge in [-0.1, -0.05) is 6.07 Å². The summed E-state index contributed by atoms with van der Waals surface area (Å²) in [6, 6.07) is 9.29.